The van der Waals surface area contributed by atoms with E-state index in [0.717, 1.165) is 30.7 Å². The Balaban J connectivity index is 2.01. The number of hydrogen-bond acceptors (Lipinski definition) is 2. The van der Waals surface area contributed by atoms with E-state index in [1.165, 1.54) is 19.3 Å². The second-order valence-electron chi connectivity index (χ2n) is 5.26. The zero-order valence-electron chi connectivity index (χ0n) is 10.7. The van der Waals surface area contributed by atoms with Gasteiger partial charge >= 0.3 is 0 Å². The Morgan fingerprint density at radius 3 is 2.76 bits per heavy atom. The van der Waals surface area contributed by atoms with Gasteiger partial charge in [-0.2, -0.15) is 0 Å². The van der Waals surface area contributed by atoms with Gasteiger partial charge in [-0.1, -0.05) is 25.4 Å². The van der Waals surface area contributed by atoms with Crippen molar-refractivity contribution < 1.29 is 0 Å². The van der Waals surface area contributed by atoms with Crippen molar-refractivity contribution in [3.63, 3.8) is 0 Å². The molecule has 1 aliphatic heterocycles. The van der Waals surface area contributed by atoms with Gasteiger partial charge in [0.15, 0.2) is 0 Å². The molecule has 0 aliphatic carbocycles. The average Bonchev–Trinajstić information content (AvgIpc) is 2.55. The molecule has 0 radical (unpaired) electrons. The van der Waals surface area contributed by atoms with Crippen molar-refractivity contribution in [3.8, 4) is 0 Å². The minimum atomic E-state index is 0.712. The number of halogens is 1. The normalized spacial score (nSPS) is 21.6. The Morgan fingerprint density at radius 2 is 2.12 bits per heavy atom. The molecule has 1 aromatic rings. The van der Waals surface area contributed by atoms with Crippen LogP contribution in [0.4, 0.5) is 5.82 Å². The molecule has 1 fully saturated rings. The van der Waals surface area contributed by atoms with Crippen LogP contribution in [0.15, 0.2) is 18.3 Å². The molecule has 1 atom stereocenters. The van der Waals surface area contributed by atoms with E-state index in [0.29, 0.717) is 5.02 Å². The molecular formula is C14H21ClN2. The lowest BCUT2D eigenvalue weighted by molar-refractivity contribution is 0.351. The molecule has 0 N–H and O–H groups in total. The molecule has 3 heteroatoms. The third-order valence-electron chi connectivity index (χ3n) is 3.75. The van der Waals surface area contributed by atoms with Crippen molar-refractivity contribution in [2.75, 3.05) is 18.0 Å². The molecule has 17 heavy (non-hydrogen) atoms. The minimum Gasteiger partial charge on any atom is -0.357 e. The molecule has 2 heterocycles. The number of anilines is 1. The fourth-order valence-corrected chi connectivity index (χ4v) is 2.68. The minimum absolute atomic E-state index is 0.712. The number of hydrogen-bond donors (Lipinski definition) is 0. The Kier molecular flexibility index (Phi) is 4.27. The van der Waals surface area contributed by atoms with Crippen LogP contribution in [0.2, 0.25) is 5.02 Å². The molecule has 1 unspecified atom stereocenters. The molecule has 0 saturated carbocycles. The highest BCUT2D eigenvalue weighted by Crippen LogP contribution is 2.26. The van der Waals surface area contributed by atoms with Crippen LogP contribution < -0.4 is 4.90 Å². The lowest BCUT2D eigenvalue weighted by Gasteiger charge is -2.22. The number of aromatic nitrogens is 1. The maximum atomic E-state index is 5.87. The van der Waals surface area contributed by atoms with Gasteiger partial charge < -0.3 is 4.90 Å². The van der Waals surface area contributed by atoms with Gasteiger partial charge in [0.1, 0.15) is 5.82 Å². The number of rotatable bonds is 2. The van der Waals surface area contributed by atoms with Crippen molar-refractivity contribution in [1.29, 1.82) is 0 Å². The third-order valence-corrected chi connectivity index (χ3v) is 3.97. The second kappa shape index (κ2) is 5.72. The summed E-state index contributed by atoms with van der Waals surface area (Å²) in [5.74, 6) is 2.74. The summed E-state index contributed by atoms with van der Waals surface area (Å²) in [6.07, 6.45) is 5.64. The van der Waals surface area contributed by atoms with E-state index in [1.807, 2.05) is 12.1 Å². The molecule has 94 valence electrons. The fourth-order valence-electron chi connectivity index (χ4n) is 2.57. The molecule has 0 spiro atoms. The van der Waals surface area contributed by atoms with E-state index in [9.17, 15) is 0 Å². The van der Waals surface area contributed by atoms with Gasteiger partial charge in [-0.3, -0.25) is 0 Å². The third kappa shape index (κ3) is 3.35. The van der Waals surface area contributed by atoms with Gasteiger partial charge in [-0.25, -0.2) is 4.98 Å². The first kappa shape index (κ1) is 12.7. The van der Waals surface area contributed by atoms with Crippen molar-refractivity contribution in [2.45, 2.75) is 33.1 Å². The van der Waals surface area contributed by atoms with Crippen molar-refractivity contribution in [3.05, 3.63) is 23.4 Å². The van der Waals surface area contributed by atoms with Crippen LogP contribution in [0.1, 0.15) is 33.1 Å². The smallest absolute Gasteiger partial charge is 0.128 e. The summed E-state index contributed by atoms with van der Waals surface area (Å²) in [6.45, 7) is 6.91. The average molecular weight is 253 g/mol. The first-order chi connectivity index (χ1) is 8.16. The first-order valence-electron chi connectivity index (χ1n) is 6.53. The predicted molar refractivity (Wildman–Crippen MR) is 73.6 cm³/mol. The summed E-state index contributed by atoms with van der Waals surface area (Å²) < 4.78 is 0. The van der Waals surface area contributed by atoms with Crippen LogP contribution in [-0.2, 0) is 0 Å². The highest BCUT2D eigenvalue weighted by molar-refractivity contribution is 6.30. The van der Waals surface area contributed by atoms with Crippen LogP contribution in [0.5, 0.6) is 0 Å². The van der Waals surface area contributed by atoms with Crippen molar-refractivity contribution in [2.24, 2.45) is 11.8 Å². The van der Waals surface area contributed by atoms with Gasteiger partial charge in [0.2, 0.25) is 0 Å². The molecular weight excluding hydrogens is 232 g/mol. The van der Waals surface area contributed by atoms with Crippen LogP contribution in [0.25, 0.3) is 0 Å². The maximum absolute atomic E-state index is 5.87. The van der Waals surface area contributed by atoms with Gasteiger partial charge in [0.25, 0.3) is 0 Å². The quantitative estimate of drug-likeness (QED) is 0.791. The fraction of sp³-hybridized carbons (Fsp3) is 0.643. The van der Waals surface area contributed by atoms with E-state index in [2.05, 4.69) is 23.7 Å². The van der Waals surface area contributed by atoms with Crippen molar-refractivity contribution >= 4 is 17.4 Å². The molecule has 0 aromatic carbocycles. The van der Waals surface area contributed by atoms with Crippen LogP contribution >= 0.6 is 11.6 Å². The molecule has 0 bridgehead atoms. The van der Waals surface area contributed by atoms with E-state index < -0.39 is 0 Å². The molecule has 1 aliphatic rings. The summed E-state index contributed by atoms with van der Waals surface area (Å²) in [7, 11) is 0. The SMILES string of the molecule is CC(C)C1CCCN(c2ccc(Cl)cn2)CC1. The standard InChI is InChI=1S/C14H21ClN2/c1-11(2)12-4-3-8-17(9-7-12)14-6-5-13(15)10-16-14/h5-6,10-12H,3-4,7-9H2,1-2H3. The molecule has 0 amide bonds. The van der Waals surface area contributed by atoms with E-state index >= 15 is 0 Å². The first-order valence-corrected chi connectivity index (χ1v) is 6.91. The Bertz CT molecular complexity index is 348. The number of pyridine rings is 1. The Labute approximate surface area is 109 Å². The van der Waals surface area contributed by atoms with Crippen LogP contribution in [0, 0.1) is 11.8 Å². The zero-order chi connectivity index (χ0) is 12.3. The Morgan fingerprint density at radius 1 is 1.29 bits per heavy atom. The zero-order valence-corrected chi connectivity index (χ0v) is 11.5. The monoisotopic (exact) mass is 252 g/mol. The number of nitrogens with zero attached hydrogens (tertiary/aromatic N) is 2. The summed E-state index contributed by atoms with van der Waals surface area (Å²) in [5.41, 5.74) is 0. The van der Waals surface area contributed by atoms with Gasteiger partial charge in [-0.05, 0) is 43.2 Å². The van der Waals surface area contributed by atoms with E-state index in [4.69, 9.17) is 11.6 Å². The highest BCUT2D eigenvalue weighted by Gasteiger charge is 2.19. The van der Waals surface area contributed by atoms with Gasteiger partial charge in [0.05, 0.1) is 5.02 Å². The van der Waals surface area contributed by atoms with Crippen molar-refractivity contribution in [1.82, 2.24) is 4.98 Å². The van der Waals surface area contributed by atoms with E-state index in [-0.39, 0.29) is 0 Å². The summed E-state index contributed by atoms with van der Waals surface area (Å²) in [4.78, 5) is 6.80. The van der Waals surface area contributed by atoms with Gasteiger partial charge in [0, 0.05) is 19.3 Å². The molecule has 1 saturated heterocycles. The van der Waals surface area contributed by atoms with Crippen LogP contribution in [-0.4, -0.2) is 18.1 Å². The summed E-state index contributed by atoms with van der Waals surface area (Å²) >= 11 is 5.87. The topological polar surface area (TPSA) is 16.1 Å². The van der Waals surface area contributed by atoms with E-state index in [1.54, 1.807) is 6.20 Å². The van der Waals surface area contributed by atoms with Gasteiger partial charge in [-0.15, -0.1) is 0 Å². The highest BCUT2D eigenvalue weighted by atomic mass is 35.5. The summed E-state index contributed by atoms with van der Waals surface area (Å²) in [5, 5.41) is 0.712. The maximum Gasteiger partial charge on any atom is 0.128 e. The molecule has 2 nitrogen and oxygen atoms in total. The summed E-state index contributed by atoms with van der Waals surface area (Å²) in [6, 6.07) is 3.95. The largest absolute Gasteiger partial charge is 0.357 e. The Hall–Kier alpha value is -0.760. The lowest BCUT2D eigenvalue weighted by atomic mass is 9.89. The second-order valence-corrected chi connectivity index (χ2v) is 5.69. The molecule has 1 aromatic heterocycles. The molecule has 2 rings (SSSR count). The van der Waals surface area contributed by atoms with Crippen LogP contribution in [0.3, 0.4) is 0 Å². The lowest BCUT2D eigenvalue weighted by Crippen LogP contribution is -2.25. The predicted octanol–water partition coefficient (Wildman–Crippen LogP) is 4.00.